The average molecular weight is 373 g/mol. The highest BCUT2D eigenvalue weighted by atomic mass is 32.1. The van der Waals surface area contributed by atoms with Crippen LogP contribution in [0, 0.1) is 0 Å². The lowest BCUT2D eigenvalue weighted by atomic mass is 10.1. The van der Waals surface area contributed by atoms with Gasteiger partial charge in [-0.25, -0.2) is 4.98 Å². The molecule has 4 rings (SSSR count). The first kappa shape index (κ1) is 17.3. The van der Waals surface area contributed by atoms with E-state index in [0.717, 1.165) is 29.5 Å². The lowest BCUT2D eigenvalue weighted by molar-refractivity contribution is 0.208. The van der Waals surface area contributed by atoms with Gasteiger partial charge in [0.05, 0.1) is 24.3 Å². The number of hydrogen-bond acceptors (Lipinski definition) is 6. The van der Waals surface area contributed by atoms with Crippen molar-refractivity contribution in [2.45, 2.75) is 51.7 Å². The Balaban J connectivity index is 1.86. The molecule has 3 heterocycles. The molecule has 138 valence electrons. The minimum Gasteiger partial charge on any atom is -0.467 e. The molecule has 1 atom stereocenters. The van der Waals surface area contributed by atoms with Crippen molar-refractivity contribution in [2.24, 2.45) is 0 Å². The molecule has 26 heavy (non-hydrogen) atoms. The molecular weight excluding hydrogens is 350 g/mol. The number of aliphatic hydroxyl groups is 1. The van der Waals surface area contributed by atoms with E-state index >= 15 is 0 Å². The van der Waals surface area contributed by atoms with E-state index < -0.39 is 6.10 Å². The first-order valence-electron chi connectivity index (χ1n) is 9.13. The van der Waals surface area contributed by atoms with E-state index in [1.165, 1.54) is 23.3 Å². The smallest absolute Gasteiger partial charge is 0.264 e. The summed E-state index contributed by atoms with van der Waals surface area (Å²) in [5.74, 6) is 1.19. The Kier molecular flexibility index (Phi) is 4.82. The van der Waals surface area contributed by atoms with Gasteiger partial charge in [-0.1, -0.05) is 6.42 Å². The van der Waals surface area contributed by atoms with Crippen molar-refractivity contribution in [3.8, 4) is 0 Å². The summed E-state index contributed by atoms with van der Waals surface area (Å²) in [6, 6.07) is 3.66. The Hall–Kier alpha value is -2.12. The molecule has 3 aromatic heterocycles. The van der Waals surface area contributed by atoms with Crippen LogP contribution >= 0.6 is 11.3 Å². The van der Waals surface area contributed by atoms with Crippen molar-refractivity contribution in [3.63, 3.8) is 0 Å². The lowest BCUT2D eigenvalue weighted by Crippen LogP contribution is -2.28. The Morgan fingerprint density at radius 3 is 3.00 bits per heavy atom. The van der Waals surface area contributed by atoms with Gasteiger partial charge in [-0.3, -0.25) is 9.36 Å². The minimum atomic E-state index is -0.528. The molecule has 0 fully saturated rings. The number of furan rings is 1. The maximum atomic E-state index is 13.4. The van der Waals surface area contributed by atoms with Gasteiger partial charge in [-0.05, 0) is 50.3 Å². The SMILES string of the molecule is C[C@H](O)CNc1nc2sc3c(c2c(=O)n1Cc1ccco1)CCCCC3. The first-order chi connectivity index (χ1) is 12.6. The predicted octanol–water partition coefficient (Wildman–Crippen LogP) is 3.16. The second-order valence-corrected chi connectivity index (χ2v) is 7.96. The zero-order chi connectivity index (χ0) is 18.1. The van der Waals surface area contributed by atoms with Gasteiger partial charge in [-0.15, -0.1) is 11.3 Å². The van der Waals surface area contributed by atoms with Crippen LogP contribution in [0.3, 0.4) is 0 Å². The topological polar surface area (TPSA) is 80.3 Å². The first-order valence-corrected chi connectivity index (χ1v) is 9.94. The molecule has 0 bridgehead atoms. The van der Waals surface area contributed by atoms with Crippen molar-refractivity contribution in [2.75, 3.05) is 11.9 Å². The molecule has 1 aliphatic carbocycles. The van der Waals surface area contributed by atoms with Crippen molar-refractivity contribution >= 4 is 27.5 Å². The van der Waals surface area contributed by atoms with Gasteiger partial charge in [0, 0.05) is 11.4 Å². The van der Waals surface area contributed by atoms with Crippen LogP contribution in [0.1, 0.15) is 42.4 Å². The summed E-state index contributed by atoms with van der Waals surface area (Å²) in [5.41, 5.74) is 1.16. The summed E-state index contributed by atoms with van der Waals surface area (Å²) in [4.78, 5) is 20.2. The minimum absolute atomic E-state index is 0.0288. The van der Waals surface area contributed by atoms with E-state index in [0.29, 0.717) is 24.8 Å². The van der Waals surface area contributed by atoms with Gasteiger partial charge < -0.3 is 14.8 Å². The average Bonchev–Trinajstić information content (AvgIpc) is 3.18. The standard InChI is InChI=1S/C19H23N3O3S/c1-12(23)10-20-19-21-17-16(14-7-3-2-4-8-15(14)26-17)18(24)22(19)11-13-6-5-9-25-13/h5-6,9,12,23H,2-4,7-8,10-11H2,1H3,(H,20,21)/t12-/m0/s1. The van der Waals surface area contributed by atoms with Gasteiger partial charge in [0.15, 0.2) is 0 Å². The van der Waals surface area contributed by atoms with Crippen LogP contribution in [0.4, 0.5) is 5.95 Å². The van der Waals surface area contributed by atoms with Crippen LogP contribution in [0.15, 0.2) is 27.6 Å². The number of anilines is 1. The van der Waals surface area contributed by atoms with E-state index in [1.54, 1.807) is 29.1 Å². The third kappa shape index (κ3) is 3.29. The molecule has 1 aliphatic rings. The number of aliphatic hydroxyl groups excluding tert-OH is 1. The van der Waals surface area contributed by atoms with E-state index in [9.17, 15) is 9.90 Å². The molecule has 0 amide bonds. The normalized spacial score (nSPS) is 15.6. The number of fused-ring (bicyclic) bond motifs is 3. The van der Waals surface area contributed by atoms with Crippen LogP contribution in [0.25, 0.3) is 10.2 Å². The molecule has 0 aliphatic heterocycles. The Morgan fingerprint density at radius 2 is 2.23 bits per heavy atom. The summed E-state index contributed by atoms with van der Waals surface area (Å²) in [5, 5.41) is 13.5. The Labute approximate surface area is 155 Å². The Morgan fingerprint density at radius 1 is 1.38 bits per heavy atom. The van der Waals surface area contributed by atoms with E-state index in [1.807, 2.05) is 12.1 Å². The number of thiophene rings is 1. The maximum Gasteiger partial charge on any atom is 0.264 e. The third-order valence-corrected chi connectivity index (χ3v) is 5.96. The lowest BCUT2D eigenvalue weighted by Gasteiger charge is -2.14. The number of hydrogen-bond donors (Lipinski definition) is 2. The fraction of sp³-hybridized carbons (Fsp3) is 0.474. The van der Waals surface area contributed by atoms with Crippen molar-refractivity contribution in [1.29, 1.82) is 0 Å². The summed E-state index contributed by atoms with van der Waals surface area (Å²) < 4.78 is 7.06. The van der Waals surface area contributed by atoms with E-state index in [-0.39, 0.29) is 5.56 Å². The number of aryl methyl sites for hydroxylation is 2. The molecule has 0 spiro atoms. The third-order valence-electron chi connectivity index (χ3n) is 4.77. The fourth-order valence-corrected chi connectivity index (χ4v) is 4.75. The number of rotatable bonds is 5. The van der Waals surface area contributed by atoms with Crippen molar-refractivity contribution in [1.82, 2.24) is 9.55 Å². The highest BCUT2D eigenvalue weighted by molar-refractivity contribution is 7.18. The summed E-state index contributed by atoms with van der Waals surface area (Å²) in [6.07, 6.45) is 6.57. The Bertz CT molecular complexity index is 957. The van der Waals surface area contributed by atoms with Gasteiger partial charge in [0.2, 0.25) is 5.95 Å². The second-order valence-electron chi connectivity index (χ2n) is 6.88. The fourth-order valence-electron chi connectivity index (χ4n) is 3.49. The number of nitrogens with zero attached hydrogens (tertiary/aromatic N) is 2. The quantitative estimate of drug-likeness (QED) is 0.672. The zero-order valence-corrected chi connectivity index (χ0v) is 15.6. The number of nitrogens with one attached hydrogen (secondary N) is 1. The molecule has 0 unspecified atom stereocenters. The van der Waals surface area contributed by atoms with Crippen LogP contribution in [0.5, 0.6) is 0 Å². The monoisotopic (exact) mass is 373 g/mol. The largest absolute Gasteiger partial charge is 0.467 e. The summed E-state index contributed by atoms with van der Waals surface area (Å²) in [7, 11) is 0. The highest BCUT2D eigenvalue weighted by Gasteiger charge is 2.22. The zero-order valence-electron chi connectivity index (χ0n) is 14.8. The van der Waals surface area contributed by atoms with Gasteiger partial charge in [0.25, 0.3) is 5.56 Å². The summed E-state index contributed by atoms with van der Waals surface area (Å²) in [6.45, 7) is 2.36. The van der Waals surface area contributed by atoms with Crippen LogP contribution in [-0.2, 0) is 19.4 Å². The van der Waals surface area contributed by atoms with Gasteiger partial charge in [-0.2, -0.15) is 0 Å². The summed E-state index contributed by atoms with van der Waals surface area (Å²) >= 11 is 1.64. The predicted molar refractivity (Wildman–Crippen MR) is 103 cm³/mol. The molecule has 0 saturated carbocycles. The molecule has 0 aromatic carbocycles. The molecule has 0 radical (unpaired) electrons. The van der Waals surface area contributed by atoms with Crippen molar-refractivity contribution < 1.29 is 9.52 Å². The number of aromatic nitrogens is 2. The van der Waals surface area contributed by atoms with E-state index in [4.69, 9.17) is 9.40 Å². The molecular formula is C19H23N3O3S. The van der Waals surface area contributed by atoms with Gasteiger partial charge >= 0.3 is 0 Å². The molecule has 7 heteroatoms. The van der Waals surface area contributed by atoms with Crippen LogP contribution < -0.4 is 10.9 Å². The van der Waals surface area contributed by atoms with E-state index in [2.05, 4.69) is 5.32 Å². The van der Waals surface area contributed by atoms with Crippen molar-refractivity contribution in [3.05, 3.63) is 45.0 Å². The molecule has 3 aromatic rings. The van der Waals surface area contributed by atoms with Gasteiger partial charge in [0.1, 0.15) is 10.6 Å². The maximum absolute atomic E-state index is 13.4. The van der Waals surface area contributed by atoms with Crippen LogP contribution in [-0.4, -0.2) is 27.3 Å². The molecule has 0 saturated heterocycles. The highest BCUT2D eigenvalue weighted by Crippen LogP contribution is 2.33. The molecule has 6 nitrogen and oxygen atoms in total. The molecule has 2 N–H and O–H groups in total. The van der Waals surface area contributed by atoms with Crippen LogP contribution in [0.2, 0.25) is 0 Å². The second kappa shape index (κ2) is 7.25.